The first kappa shape index (κ1) is 19.8. The van der Waals surface area contributed by atoms with Crippen molar-refractivity contribution in [1.29, 1.82) is 0 Å². The van der Waals surface area contributed by atoms with Crippen LogP contribution in [0.4, 0.5) is 0 Å². The van der Waals surface area contributed by atoms with Crippen molar-refractivity contribution in [1.82, 2.24) is 10.2 Å². The molecule has 1 amide bonds. The monoisotopic (exact) mass is 376 g/mol. The number of piperazine rings is 1. The Labute approximate surface area is 160 Å². The summed E-state index contributed by atoms with van der Waals surface area (Å²) in [5.41, 5.74) is 4.60. The van der Waals surface area contributed by atoms with Gasteiger partial charge in [0.25, 0.3) is 5.91 Å². The molecule has 1 saturated heterocycles. The summed E-state index contributed by atoms with van der Waals surface area (Å²) in [6, 6.07) is 14.6. The minimum Gasteiger partial charge on any atom is -0.336 e. The number of aryl methyl sites for hydroxylation is 2. The van der Waals surface area contributed by atoms with E-state index < -0.39 is 0 Å². The lowest BCUT2D eigenvalue weighted by molar-refractivity contribution is 0.0735. The van der Waals surface area contributed by atoms with Gasteiger partial charge in [-0.25, -0.2) is 0 Å². The summed E-state index contributed by atoms with van der Waals surface area (Å²) >= 11 is 1.83. The molecule has 3 rings (SSSR count). The SMILES string of the molecule is Cc1ccc(SCc2cccc(C(=O)N3CCNCC3)c2)c(C)c1.Cl. The molecule has 2 aromatic carbocycles. The summed E-state index contributed by atoms with van der Waals surface area (Å²) in [7, 11) is 0. The normalized spacial score (nSPS) is 14.1. The first-order valence-electron chi connectivity index (χ1n) is 8.42. The van der Waals surface area contributed by atoms with Gasteiger partial charge in [-0.05, 0) is 43.2 Å². The van der Waals surface area contributed by atoms with Gasteiger partial charge in [-0.15, -0.1) is 24.2 Å². The number of hydrogen-bond donors (Lipinski definition) is 1. The third-order valence-electron chi connectivity index (χ3n) is 4.30. The number of carbonyl (C=O) groups excluding carboxylic acids is 1. The Morgan fingerprint density at radius 3 is 2.60 bits per heavy atom. The quantitative estimate of drug-likeness (QED) is 0.816. The zero-order valence-electron chi connectivity index (χ0n) is 14.7. The number of rotatable bonds is 4. The fourth-order valence-electron chi connectivity index (χ4n) is 2.97. The second-order valence-electron chi connectivity index (χ2n) is 6.30. The van der Waals surface area contributed by atoms with Crippen LogP contribution in [0.1, 0.15) is 27.0 Å². The van der Waals surface area contributed by atoms with Crippen molar-refractivity contribution in [3.05, 3.63) is 64.7 Å². The van der Waals surface area contributed by atoms with Crippen molar-refractivity contribution in [3.63, 3.8) is 0 Å². The van der Waals surface area contributed by atoms with Crippen molar-refractivity contribution in [2.24, 2.45) is 0 Å². The van der Waals surface area contributed by atoms with Crippen molar-refractivity contribution in [2.75, 3.05) is 26.2 Å². The van der Waals surface area contributed by atoms with E-state index in [2.05, 4.69) is 43.4 Å². The third-order valence-corrected chi connectivity index (χ3v) is 5.55. The van der Waals surface area contributed by atoms with Gasteiger partial charge in [0.15, 0.2) is 0 Å². The number of halogens is 1. The molecule has 5 heteroatoms. The Morgan fingerprint density at radius 1 is 1.12 bits per heavy atom. The molecular weight excluding hydrogens is 352 g/mol. The molecule has 1 N–H and O–H groups in total. The molecule has 1 heterocycles. The minimum atomic E-state index is 0. The van der Waals surface area contributed by atoms with Crippen molar-refractivity contribution in [3.8, 4) is 0 Å². The fourth-order valence-corrected chi connectivity index (χ4v) is 3.92. The predicted octanol–water partition coefficient (Wildman–Crippen LogP) is 4.06. The first-order valence-corrected chi connectivity index (χ1v) is 9.41. The molecule has 1 aliphatic heterocycles. The van der Waals surface area contributed by atoms with Crippen LogP contribution in [-0.4, -0.2) is 37.0 Å². The van der Waals surface area contributed by atoms with E-state index >= 15 is 0 Å². The maximum Gasteiger partial charge on any atom is 0.253 e. The smallest absolute Gasteiger partial charge is 0.253 e. The van der Waals surface area contributed by atoms with E-state index in [0.717, 1.165) is 37.5 Å². The van der Waals surface area contributed by atoms with Crippen LogP contribution < -0.4 is 5.32 Å². The minimum absolute atomic E-state index is 0. The number of hydrogen-bond acceptors (Lipinski definition) is 3. The number of thioether (sulfide) groups is 1. The second kappa shape index (κ2) is 9.27. The molecule has 0 aliphatic carbocycles. The van der Waals surface area contributed by atoms with Crippen molar-refractivity contribution < 1.29 is 4.79 Å². The van der Waals surface area contributed by atoms with E-state index in [1.54, 1.807) is 0 Å². The van der Waals surface area contributed by atoms with Crippen molar-refractivity contribution in [2.45, 2.75) is 24.5 Å². The van der Waals surface area contributed by atoms with Gasteiger partial charge in [-0.2, -0.15) is 0 Å². The zero-order chi connectivity index (χ0) is 16.9. The average Bonchev–Trinajstić information content (AvgIpc) is 2.61. The van der Waals surface area contributed by atoms with Gasteiger partial charge in [0, 0.05) is 42.4 Å². The third kappa shape index (κ3) is 5.24. The van der Waals surface area contributed by atoms with Crippen LogP contribution in [0.15, 0.2) is 47.4 Å². The maximum absolute atomic E-state index is 12.6. The van der Waals surface area contributed by atoms with Gasteiger partial charge in [0.2, 0.25) is 0 Å². The highest BCUT2D eigenvalue weighted by molar-refractivity contribution is 7.98. The highest BCUT2D eigenvalue weighted by atomic mass is 35.5. The molecule has 2 aromatic rings. The summed E-state index contributed by atoms with van der Waals surface area (Å²) in [5, 5.41) is 3.28. The van der Waals surface area contributed by atoms with Crippen LogP contribution in [0, 0.1) is 13.8 Å². The largest absolute Gasteiger partial charge is 0.336 e. The van der Waals surface area contributed by atoms with Crippen LogP contribution in [-0.2, 0) is 5.75 Å². The molecular formula is C20H25ClN2OS. The van der Waals surface area contributed by atoms with E-state index in [1.807, 2.05) is 34.9 Å². The highest BCUT2D eigenvalue weighted by Crippen LogP contribution is 2.27. The number of carbonyl (C=O) groups is 1. The van der Waals surface area contributed by atoms with Gasteiger partial charge in [-0.3, -0.25) is 4.79 Å². The van der Waals surface area contributed by atoms with Gasteiger partial charge in [-0.1, -0.05) is 29.8 Å². The molecule has 25 heavy (non-hydrogen) atoms. The number of amides is 1. The highest BCUT2D eigenvalue weighted by Gasteiger charge is 2.17. The first-order chi connectivity index (χ1) is 11.6. The Kier molecular flexibility index (Phi) is 7.36. The Balaban J connectivity index is 0.00000225. The molecule has 0 spiro atoms. The van der Waals surface area contributed by atoms with Crippen LogP contribution >= 0.6 is 24.2 Å². The van der Waals surface area contributed by atoms with E-state index in [9.17, 15) is 4.79 Å². The number of nitrogens with one attached hydrogen (secondary N) is 1. The Hall–Kier alpha value is -1.49. The second-order valence-corrected chi connectivity index (χ2v) is 7.32. The van der Waals surface area contributed by atoms with Gasteiger partial charge in [0.1, 0.15) is 0 Å². The summed E-state index contributed by atoms with van der Waals surface area (Å²) in [4.78, 5) is 15.9. The van der Waals surface area contributed by atoms with E-state index in [0.29, 0.717) is 0 Å². The summed E-state index contributed by atoms with van der Waals surface area (Å²) in [6.07, 6.45) is 0. The summed E-state index contributed by atoms with van der Waals surface area (Å²) < 4.78 is 0. The lowest BCUT2D eigenvalue weighted by Crippen LogP contribution is -2.46. The summed E-state index contributed by atoms with van der Waals surface area (Å²) in [6.45, 7) is 7.62. The average molecular weight is 377 g/mol. The molecule has 0 saturated carbocycles. The molecule has 0 aromatic heterocycles. The van der Waals surface area contributed by atoms with Crippen LogP contribution in [0.25, 0.3) is 0 Å². The molecule has 0 bridgehead atoms. The van der Waals surface area contributed by atoms with E-state index in [4.69, 9.17) is 0 Å². The maximum atomic E-state index is 12.6. The Morgan fingerprint density at radius 2 is 1.88 bits per heavy atom. The lowest BCUT2D eigenvalue weighted by Gasteiger charge is -2.27. The molecule has 1 aliphatic rings. The van der Waals surface area contributed by atoms with Crippen LogP contribution in [0.2, 0.25) is 0 Å². The van der Waals surface area contributed by atoms with Crippen LogP contribution in [0.3, 0.4) is 0 Å². The predicted molar refractivity (Wildman–Crippen MR) is 108 cm³/mol. The van der Waals surface area contributed by atoms with Gasteiger partial charge in [0.05, 0.1) is 0 Å². The fraction of sp³-hybridized carbons (Fsp3) is 0.350. The zero-order valence-corrected chi connectivity index (χ0v) is 16.4. The lowest BCUT2D eigenvalue weighted by atomic mass is 10.1. The van der Waals surface area contributed by atoms with Gasteiger partial charge >= 0.3 is 0 Å². The topological polar surface area (TPSA) is 32.3 Å². The molecule has 3 nitrogen and oxygen atoms in total. The molecule has 0 radical (unpaired) electrons. The Bertz CT molecular complexity index is 729. The standard InChI is InChI=1S/C20H24N2OS.ClH/c1-15-6-7-19(16(2)12-15)24-14-17-4-3-5-18(13-17)20(23)22-10-8-21-9-11-22;/h3-7,12-13,21H,8-11,14H2,1-2H3;1H. The molecule has 1 fully saturated rings. The van der Waals surface area contributed by atoms with E-state index in [-0.39, 0.29) is 18.3 Å². The van der Waals surface area contributed by atoms with Crippen molar-refractivity contribution >= 4 is 30.1 Å². The molecule has 0 atom stereocenters. The summed E-state index contributed by atoms with van der Waals surface area (Å²) in [5.74, 6) is 1.03. The van der Waals surface area contributed by atoms with Crippen LogP contribution in [0.5, 0.6) is 0 Å². The number of benzene rings is 2. The van der Waals surface area contributed by atoms with E-state index in [1.165, 1.54) is 21.6 Å². The molecule has 134 valence electrons. The molecule has 0 unspecified atom stereocenters. The van der Waals surface area contributed by atoms with Gasteiger partial charge < -0.3 is 10.2 Å². The number of nitrogens with zero attached hydrogens (tertiary/aromatic N) is 1.